The average molecular weight is 466 g/mol. The molecule has 1 N–H and O–H groups in total. The number of ether oxygens (including phenoxy) is 1. The number of aliphatic imine (C=N–C) groups is 1. The van der Waals surface area contributed by atoms with Gasteiger partial charge in [-0.3, -0.25) is 9.89 Å². The Kier molecular flexibility index (Phi) is 12.0. The molecule has 0 radical (unpaired) electrons. The van der Waals surface area contributed by atoms with Gasteiger partial charge in [0.2, 0.25) is 0 Å². The van der Waals surface area contributed by atoms with Crippen LogP contribution in [0.5, 0.6) is 0 Å². The smallest absolute Gasteiger partial charge is 0.193 e. The third-order valence-corrected chi connectivity index (χ3v) is 4.49. The van der Waals surface area contributed by atoms with Crippen molar-refractivity contribution < 1.29 is 4.74 Å². The van der Waals surface area contributed by atoms with E-state index >= 15 is 0 Å². The molecular formula is C19H39IN4O. The lowest BCUT2D eigenvalue weighted by Crippen LogP contribution is -2.56. The number of nitrogens with one attached hydrogen (secondary N) is 1. The summed E-state index contributed by atoms with van der Waals surface area (Å²) >= 11 is 0. The number of allylic oxidation sites excluding steroid dienone is 1. The minimum Gasteiger partial charge on any atom is -0.373 e. The molecule has 0 aliphatic carbocycles. The fourth-order valence-corrected chi connectivity index (χ4v) is 3.09. The van der Waals surface area contributed by atoms with Gasteiger partial charge < -0.3 is 15.0 Å². The number of guanidine groups is 1. The van der Waals surface area contributed by atoms with Crippen molar-refractivity contribution >= 4 is 29.9 Å². The van der Waals surface area contributed by atoms with E-state index in [2.05, 4.69) is 63.4 Å². The van der Waals surface area contributed by atoms with Crippen LogP contribution in [-0.2, 0) is 4.74 Å². The summed E-state index contributed by atoms with van der Waals surface area (Å²) in [4.78, 5) is 9.64. The maximum Gasteiger partial charge on any atom is 0.193 e. The average Bonchev–Trinajstić information content (AvgIpc) is 2.50. The molecule has 2 unspecified atom stereocenters. The topological polar surface area (TPSA) is 40.1 Å². The number of morpholine rings is 1. The third-order valence-electron chi connectivity index (χ3n) is 4.49. The molecule has 0 amide bonds. The van der Waals surface area contributed by atoms with Crippen molar-refractivity contribution in [1.82, 2.24) is 15.1 Å². The Labute approximate surface area is 172 Å². The minimum atomic E-state index is 0. The highest BCUT2D eigenvalue weighted by atomic mass is 127. The van der Waals surface area contributed by atoms with Crippen molar-refractivity contribution in [2.24, 2.45) is 4.99 Å². The van der Waals surface area contributed by atoms with Gasteiger partial charge in [0, 0.05) is 38.8 Å². The van der Waals surface area contributed by atoms with E-state index in [0.29, 0.717) is 0 Å². The van der Waals surface area contributed by atoms with Gasteiger partial charge in [-0.1, -0.05) is 6.08 Å². The third kappa shape index (κ3) is 8.73. The van der Waals surface area contributed by atoms with Crippen molar-refractivity contribution in [3.8, 4) is 0 Å². The lowest BCUT2D eigenvalue weighted by molar-refractivity contribution is -0.0939. The van der Waals surface area contributed by atoms with E-state index in [1.54, 1.807) is 0 Å². The number of unbranched alkanes of at least 4 members (excludes halogenated alkanes) is 1. The number of nitrogens with zero attached hydrogens (tertiary/aromatic N) is 3. The van der Waals surface area contributed by atoms with Crippen molar-refractivity contribution in [3.63, 3.8) is 0 Å². The van der Waals surface area contributed by atoms with Crippen LogP contribution in [0.3, 0.4) is 0 Å². The molecule has 0 aromatic rings. The molecule has 25 heavy (non-hydrogen) atoms. The van der Waals surface area contributed by atoms with E-state index in [-0.39, 0.29) is 41.7 Å². The van der Waals surface area contributed by atoms with Crippen LogP contribution < -0.4 is 5.32 Å². The van der Waals surface area contributed by atoms with Crippen molar-refractivity contribution in [2.45, 2.75) is 65.2 Å². The van der Waals surface area contributed by atoms with Gasteiger partial charge in [-0.2, -0.15) is 0 Å². The highest BCUT2D eigenvalue weighted by Crippen LogP contribution is 2.21. The second-order valence-electron chi connectivity index (χ2n) is 7.50. The lowest BCUT2D eigenvalue weighted by Gasteiger charge is -2.44. The normalized spacial score (nSPS) is 22.2. The van der Waals surface area contributed by atoms with Gasteiger partial charge in [-0.25, -0.2) is 0 Å². The lowest BCUT2D eigenvalue weighted by atomic mass is 10.0. The number of rotatable bonds is 8. The van der Waals surface area contributed by atoms with Crippen LogP contribution >= 0.6 is 24.0 Å². The molecule has 1 fully saturated rings. The first-order valence-electron chi connectivity index (χ1n) is 9.31. The quantitative estimate of drug-likeness (QED) is 0.196. The number of hydrogen-bond donors (Lipinski definition) is 1. The van der Waals surface area contributed by atoms with E-state index in [9.17, 15) is 0 Å². The Hall–Kier alpha value is -0.340. The van der Waals surface area contributed by atoms with E-state index in [1.807, 2.05) is 6.08 Å². The van der Waals surface area contributed by atoms with Gasteiger partial charge >= 0.3 is 0 Å². The molecule has 148 valence electrons. The molecule has 0 aromatic carbocycles. The molecule has 1 aliphatic heterocycles. The molecule has 5 nitrogen and oxygen atoms in total. The largest absolute Gasteiger partial charge is 0.373 e. The molecule has 1 heterocycles. The zero-order valence-electron chi connectivity index (χ0n) is 17.0. The first kappa shape index (κ1) is 24.7. The van der Waals surface area contributed by atoms with Crippen molar-refractivity contribution in [1.29, 1.82) is 0 Å². The summed E-state index contributed by atoms with van der Waals surface area (Å²) in [5, 5.41) is 3.41. The molecule has 1 rings (SSSR count). The highest BCUT2D eigenvalue weighted by molar-refractivity contribution is 14.0. The molecule has 0 saturated carbocycles. The van der Waals surface area contributed by atoms with Crippen LogP contribution in [0.15, 0.2) is 17.6 Å². The monoisotopic (exact) mass is 466 g/mol. The van der Waals surface area contributed by atoms with Gasteiger partial charge in [0.25, 0.3) is 0 Å². The van der Waals surface area contributed by atoms with E-state index in [0.717, 1.165) is 51.5 Å². The fraction of sp³-hybridized carbons (Fsp3) is 0.842. The second-order valence-corrected chi connectivity index (χ2v) is 7.50. The van der Waals surface area contributed by atoms with Crippen LogP contribution in [0.2, 0.25) is 0 Å². The predicted molar refractivity (Wildman–Crippen MR) is 119 cm³/mol. The summed E-state index contributed by atoms with van der Waals surface area (Å²) in [5.41, 5.74) is 0.0227. The summed E-state index contributed by atoms with van der Waals surface area (Å²) in [6.07, 6.45) is 4.69. The first-order chi connectivity index (χ1) is 11.3. The van der Waals surface area contributed by atoms with Gasteiger partial charge in [0.05, 0.1) is 18.8 Å². The Balaban J connectivity index is 0.00000576. The first-order valence-corrected chi connectivity index (χ1v) is 9.31. The van der Waals surface area contributed by atoms with Crippen molar-refractivity contribution in [3.05, 3.63) is 12.7 Å². The van der Waals surface area contributed by atoms with E-state index < -0.39 is 0 Å². The van der Waals surface area contributed by atoms with Gasteiger partial charge in [-0.15, -0.1) is 30.6 Å². The maximum absolute atomic E-state index is 5.86. The van der Waals surface area contributed by atoms with Gasteiger partial charge in [0.1, 0.15) is 0 Å². The molecule has 1 aliphatic rings. The van der Waals surface area contributed by atoms with E-state index in [1.165, 1.54) is 0 Å². The molecule has 0 aromatic heterocycles. The fourth-order valence-electron chi connectivity index (χ4n) is 3.09. The molecule has 0 bridgehead atoms. The summed E-state index contributed by atoms with van der Waals surface area (Å²) in [7, 11) is 2.11. The Morgan fingerprint density at radius 2 is 1.96 bits per heavy atom. The molecular weight excluding hydrogens is 427 g/mol. The molecule has 0 spiro atoms. The van der Waals surface area contributed by atoms with Gasteiger partial charge in [0.15, 0.2) is 5.96 Å². The second kappa shape index (κ2) is 12.1. The molecule has 6 heteroatoms. The molecule has 1 saturated heterocycles. The summed E-state index contributed by atoms with van der Waals surface area (Å²) in [5.74, 6) is 0.990. The van der Waals surface area contributed by atoms with Gasteiger partial charge in [-0.05, 0) is 47.5 Å². The number of hydrogen-bond acceptors (Lipinski definition) is 3. The zero-order valence-corrected chi connectivity index (χ0v) is 19.4. The Bertz CT molecular complexity index is 404. The van der Waals surface area contributed by atoms with Crippen LogP contribution in [0.25, 0.3) is 0 Å². The molecule has 2 atom stereocenters. The van der Waals surface area contributed by atoms with Crippen LogP contribution in [0.1, 0.15) is 47.5 Å². The Morgan fingerprint density at radius 1 is 1.36 bits per heavy atom. The van der Waals surface area contributed by atoms with Crippen molar-refractivity contribution in [2.75, 3.05) is 39.8 Å². The maximum atomic E-state index is 5.86. The van der Waals surface area contributed by atoms with Crippen LogP contribution in [-0.4, -0.2) is 73.3 Å². The number of halogens is 1. The summed E-state index contributed by atoms with van der Waals surface area (Å²) in [6.45, 7) is 19.4. The summed E-state index contributed by atoms with van der Waals surface area (Å²) < 4.78 is 5.86. The highest BCUT2D eigenvalue weighted by Gasteiger charge is 2.33. The van der Waals surface area contributed by atoms with Crippen LogP contribution in [0, 0.1) is 0 Å². The van der Waals surface area contributed by atoms with Crippen LogP contribution in [0.4, 0.5) is 0 Å². The SMILES string of the molecule is C=CCCCN(C)C(=NCC(C)(C)N1CC(C)OC(C)C1)NCC.I. The zero-order chi connectivity index (χ0) is 18.2. The Morgan fingerprint density at radius 3 is 2.48 bits per heavy atom. The predicted octanol–water partition coefficient (Wildman–Crippen LogP) is 3.36. The minimum absolute atomic E-state index is 0. The summed E-state index contributed by atoms with van der Waals surface area (Å²) in [6, 6.07) is 0. The van der Waals surface area contributed by atoms with E-state index in [4.69, 9.17) is 9.73 Å². The standard InChI is InChI=1S/C19H38N4O.HI/c1-8-10-11-12-22(7)18(20-9-2)21-15-19(5,6)23-13-16(3)24-17(4)14-23;/h8,16-17H,1,9-15H2,2-7H3,(H,20,21);1H.